The molecule has 1 atom stereocenters. The van der Waals surface area contributed by atoms with Gasteiger partial charge in [-0.25, -0.2) is 0 Å². The zero-order valence-electron chi connectivity index (χ0n) is 9.43. The summed E-state index contributed by atoms with van der Waals surface area (Å²) in [6, 6.07) is 0.431. The van der Waals surface area contributed by atoms with E-state index in [0.717, 1.165) is 25.4 Å². The van der Waals surface area contributed by atoms with E-state index in [4.69, 9.17) is 0 Å². The van der Waals surface area contributed by atoms with Gasteiger partial charge < -0.3 is 10.6 Å². The molecule has 0 radical (unpaired) electrons. The summed E-state index contributed by atoms with van der Waals surface area (Å²) in [5, 5.41) is 6.46. The van der Waals surface area contributed by atoms with Crippen molar-refractivity contribution in [3.8, 4) is 0 Å². The molecule has 3 nitrogen and oxygen atoms in total. The molecule has 1 saturated carbocycles. The maximum absolute atomic E-state index is 11.6. The zero-order chi connectivity index (χ0) is 10.5. The van der Waals surface area contributed by atoms with Crippen molar-refractivity contribution in [2.24, 2.45) is 5.92 Å². The molecule has 0 aromatic rings. The second-order valence-electron chi connectivity index (χ2n) is 4.95. The van der Waals surface area contributed by atoms with Gasteiger partial charge in [-0.2, -0.15) is 0 Å². The number of hydrogen-bond acceptors (Lipinski definition) is 2. The maximum atomic E-state index is 11.6. The van der Waals surface area contributed by atoms with Crippen LogP contribution in [-0.2, 0) is 4.79 Å². The lowest BCUT2D eigenvalue weighted by Gasteiger charge is -2.26. The fourth-order valence-electron chi connectivity index (χ4n) is 2.35. The molecule has 0 aromatic heterocycles. The lowest BCUT2D eigenvalue weighted by Crippen LogP contribution is -2.40. The van der Waals surface area contributed by atoms with Gasteiger partial charge in [0.25, 0.3) is 0 Å². The van der Waals surface area contributed by atoms with Crippen molar-refractivity contribution in [3.63, 3.8) is 0 Å². The van der Waals surface area contributed by atoms with Gasteiger partial charge in [-0.1, -0.05) is 12.8 Å². The van der Waals surface area contributed by atoms with Crippen LogP contribution in [0.4, 0.5) is 0 Å². The molecule has 0 bridgehead atoms. The molecule has 1 aliphatic heterocycles. The molecule has 2 fully saturated rings. The molecule has 0 aromatic carbocycles. The monoisotopic (exact) mass is 210 g/mol. The molecule has 2 aliphatic rings. The fourth-order valence-corrected chi connectivity index (χ4v) is 2.35. The number of rotatable bonds is 4. The molecule has 1 unspecified atom stereocenters. The van der Waals surface area contributed by atoms with E-state index in [-0.39, 0.29) is 5.91 Å². The predicted octanol–water partition coefficient (Wildman–Crippen LogP) is 1.43. The Labute approximate surface area is 92.0 Å². The summed E-state index contributed by atoms with van der Waals surface area (Å²) in [6.07, 6.45) is 8.34. The summed E-state index contributed by atoms with van der Waals surface area (Å²) in [5.41, 5.74) is 0. The SMILES string of the molecule is O=C(CC1CCCCN1)NCC1CCC1. The van der Waals surface area contributed by atoms with Gasteiger partial charge in [0.1, 0.15) is 0 Å². The molecule has 15 heavy (non-hydrogen) atoms. The molecule has 1 aliphatic carbocycles. The van der Waals surface area contributed by atoms with Crippen molar-refractivity contribution in [1.82, 2.24) is 10.6 Å². The van der Waals surface area contributed by atoms with Crippen LogP contribution in [0.5, 0.6) is 0 Å². The molecule has 2 rings (SSSR count). The van der Waals surface area contributed by atoms with Crippen molar-refractivity contribution in [1.29, 1.82) is 0 Å². The third-order valence-corrected chi connectivity index (χ3v) is 3.66. The molecule has 1 amide bonds. The van der Waals surface area contributed by atoms with Gasteiger partial charge in [0.2, 0.25) is 5.91 Å². The second-order valence-corrected chi connectivity index (χ2v) is 4.95. The number of piperidine rings is 1. The Balaban J connectivity index is 1.58. The minimum atomic E-state index is 0.237. The Hall–Kier alpha value is -0.570. The summed E-state index contributed by atoms with van der Waals surface area (Å²) in [4.78, 5) is 11.6. The van der Waals surface area contributed by atoms with Gasteiger partial charge in [-0.05, 0) is 38.1 Å². The fraction of sp³-hybridized carbons (Fsp3) is 0.917. The lowest BCUT2D eigenvalue weighted by molar-refractivity contribution is -0.122. The number of hydrogen-bond donors (Lipinski definition) is 2. The van der Waals surface area contributed by atoms with E-state index in [9.17, 15) is 4.79 Å². The van der Waals surface area contributed by atoms with E-state index in [2.05, 4.69) is 10.6 Å². The first-order chi connectivity index (χ1) is 7.34. The van der Waals surface area contributed by atoms with Crippen LogP contribution in [0.25, 0.3) is 0 Å². The third-order valence-electron chi connectivity index (χ3n) is 3.66. The Morgan fingerprint density at radius 1 is 1.20 bits per heavy atom. The van der Waals surface area contributed by atoms with Crippen LogP contribution in [0.15, 0.2) is 0 Å². The molecule has 2 N–H and O–H groups in total. The summed E-state index contributed by atoms with van der Waals surface area (Å²) in [6.45, 7) is 1.99. The van der Waals surface area contributed by atoms with Crippen LogP contribution < -0.4 is 10.6 Å². The van der Waals surface area contributed by atoms with Gasteiger partial charge in [0.05, 0.1) is 0 Å². The average molecular weight is 210 g/mol. The van der Waals surface area contributed by atoms with Crippen molar-refractivity contribution < 1.29 is 4.79 Å². The summed E-state index contributed by atoms with van der Waals surface area (Å²) < 4.78 is 0. The second kappa shape index (κ2) is 5.50. The largest absolute Gasteiger partial charge is 0.356 e. The Morgan fingerprint density at radius 2 is 2.07 bits per heavy atom. The summed E-state index contributed by atoms with van der Waals surface area (Å²) in [7, 11) is 0. The van der Waals surface area contributed by atoms with Gasteiger partial charge >= 0.3 is 0 Å². The maximum Gasteiger partial charge on any atom is 0.221 e. The van der Waals surface area contributed by atoms with Crippen LogP contribution in [0.3, 0.4) is 0 Å². The molecule has 1 saturated heterocycles. The van der Waals surface area contributed by atoms with E-state index in [1.54, 1.807) is 0 Å². The van der Waals surface area contributed by atoms with Gasteiger partial charge in [-0.3, -0.25) is 4.79 Å². The Morgan fingerprint density at radius 3 is 2.67 bits per heavy atom. The molecule has 86 valence electrons. The van der Waals surface area contributed by atoms with Crippen molar-refractivity contribution in [3.05, 3.63) is 0 Å². The minimum Gasteiger partial charge on any atom is -0.356 e. The van der Waals surface area contributed by atoms with E-state index >= 15 is 0 Å². The Kier molecular flexibility index (Phi) is 4.01. The van der Waals surface area contributed by atoms with Crippen LogP contribution in [-0.4, -0.2) is 25.0 Å². The van der Waals surface area contributed by atoms with Crippen LogP contribution in [0, 0.1) is 5.92 Å². The van der Waals surface area contributed by atoms with Crippen LogP contribution in [0.2, 0.25) is 0 Å². The predicted molar refractivity (Wildman–Crippen MR) is 60.6 cm³/mol. The summed E-state index contributed by atoms with van der Waals surface area (Å²) >= 11 is 0. The molecular formula is C12H22N2O. The first-order valence-corrected chi connectivity index (χ1v) is 6.34. The highest BCUT2D eigenvalue weighted by Gasteiger charge is 2.20. The standard InChI is InChI=1S/C12H22N2O/c15-12(14-9-10-4-3-5-10)8-11-6-1-2-7-13-11/h10-11,13H,1-9H2,(H,14,15). The lowest BCUT2D eigenvalue weighted by atomic mass is 9.85. The smallest absolute Gasteiger partial charge is 0.221 e. The van der Waals surface area contributed by atoms with E-state index in [0.29, 0.717) is 12.5 Å². The van der Waals surface area contributed by atoms with E-state index in [1.807, 2.05) is 0 Å². The van der Waals surface area contributed by atoms with Crippen LogP contribution >= 0.6 is 0 Å². The van der Waals surface area contributed by atoms with E-state index < -0.39 is 0 Å². The highest BCUT2D eigenvalue weighted by atomic mass is 16.1. The van der Waals surface area contributed by atoms with Crippen LogP contribution in [0.1, 0.15) is 44.9 Å². The first kappa shape index (κ1) is 10.9. The van der Waals surface area contributed by atoms with Gasteiger partial charge in [-0.15, -0.1) is 0 Å². The number of amides is 1. The van der Waals surface area contributed by atoms with E-state index in [1.165, 1.54) is 32.1 Å². The molecule has 3 heteroatoms. The van der Waals surface area contributed by atoms with Gasteiger partial charge in [0.15, 0.2) is 0 Å². The van der Waals surface area contributed by atoms with Gasteiger partial charge in [0, 0.05) is 19.0 Å². The topological polar surface area (TPSA) is 41.1 Å². The van der Waals surface area contributed by atoms with Crippen molar-refractivity contribution in [2.45, 2.75) is 51.0 Å². The average Bonchev–Trinajstić information content (AvgIpc) is 2.17. The molecule has 1 heterocycles. The minimum absolute atomic E-state index is 0.237. The first-order valence-electron chi connectivity index (χ1n) is 6.34. The number of carbonyl (C=O) groups excluding carboxylic acids is 1. The molecular weight excluding hydrogens is 188 g/mol. The van der Waals surface area contributed by atoms with Crippen molar-refractivity contribution in [2.75, 3.05) is 13.1 Å². The Bertz CT molecular complexity index is 208. The zero-order valence-corrected chi connectivity index (χ0v) is 9.43. The number of nitrogens with one attached hydrogen (secondary N) is 2. The van der Waals surface area contributed by atoms with Crippen molar-refractivity contribution >= 4 is 5.91 Å². The highest BCUT2D eigenvalue weighted by Crippen LogP contribution is 2.25. The molecule has 0 spiro atoms. The normalized spacial score (nSPS) is 27.1. The summed E-state index contributed by atoms with van der Waals surface area (Å²) in [5.74, 6) is 1.01. The third kappa shape index (κ3) is 3.49. The quantitative estimate of drug-likeness (QED) is 0.737. The highest BCUT2D eigenvalue weighted by molar-refractivity contribution is 5.76. The number of carbonyl (C=O) groups is 1.